The number of fused-ring (bicyclic) bond motifs is 1. The lowest BCUT2D eigenvalue weighted by Crippen LogP contribution is -2.53. The molecule has 0 saturated carbocycles. The summed E-state index contributed by atoms with van der Waals surface area (Å²) >= 11 is 0. The molecule has 12 heteroatoms. The highest BCUT2D eigenvalue weighted by atomic mass is 32.2. The van der Waals surface area contributed by atoms with Crippen molar-refractivity contribution in [3.63, 3.8) is 0 Å². The fourth-order valence-electron chi connectivity index (χ4n) is 5.23. The molecule has 1 saturated heterocycles. The molecule has 0 bridgehead atoms. The molecule has 0 aromatic heterocycles. The maximum absolute atomic E-state index is 13.8. The van der Waals surface area contributed by atoms with E-state index in [1.54, 1.807) is 12.1 Å². The lowest BCUT2D eigenvalue weighted by molar-refractivity contribution is -0.129. The van der Waals surface area contributed by atoms with Crippen molar-refractivity contribution in [2.45, 2.75) is 50.3 Å². The number of anilines is 1. The summed E-state index contributed by atoms with van der Waals surface area (Å²) in [6.45, 7) is 5.52. The third kappa shape index (κ3) is 7.15. The van der Waals surface area contributed by atoms with E-state index in [2.05, 4.69) is 5.32 Å². The number of ether oxygens (including phenoxy) is 3. The van der Waals surface area contributed by atoms with Crippen molar-refractivity contribution in [1.82, 2.24) is 9.62 Å². The number of nitrogens with zero attached hydrogens (tertiary/aromatic N) is 2. The molecule has 1 fully saturated rings. The largest absolute Gasteiger partial charge is 0.454 e. The van der Waals surface area contributed by atoms with Gasteiger partial charge in [0.15, 0.2) is 17.6 Å². The molecule has 11 nitrogen and oxygen atoms in total. The number of amides is 2. The summed E-state index contributed by atoms with van der Waals surface area (Å²) in [6.07, 6.45) is -2.84. The van der Waals surface area contributed by atoms with Crippen LogP contribution in [0.3, 0.4) is 0 Å². The van der Waals surface area contributed by atoms with Crippen molar-refractivity contribution in [2.24, 2.45) is 5.92 Å². The minimum absolute atomic E-state index is 0.000238. The quantitative estimate of drug-likeness (QED) is 0.313. The molecular weight excluding hydrogens is 586 g/mol. The van der Waals surface area contributed by atoms with E-state index in [-0.39, 0.29) is 43.7 Å². The number of sulfonamides is 1. The van der Waals surface area contributed by atoms with Gasteiger partial charge in [-0.05, 0) is 54.7 Å². The first-order chi connectivity index (χ1) is 21.0. The molecule has 0 aliphatic carbocycles. The zero-order valence-corrected chi connectivity index (χ0v) is 25.7. The van der Waals surface area contributed by atoms with Crippen LogP contribution in [0.5, 0.6) is 11.5 Å². The summed E-state index contributed by atoms with van der Waals surface area (Å²) in [7, 11) is -4.06. The Morgan fingerprint density at radius 3 is 2.50 bits per heavy atom. The predicted octanol–water partition coefficient (Wildman–Crippen LogP) is 3.48. The van der Waals surface area contributed by atoms with Gasteiger partial charge in [0.1, 0.15) is 0 Å². The van der Waals surface area contributed by atoms with Crippen LogP contribution < -0.4 is 19.7 Å². The highest BCUT2D eigenvalue weighted by Crippen LogP contribution is 2.35. The number of benzene rings is 3. The Morgan fingerprint density at radius 2 is 1.77 bits per heavy atom. The Morgan fingerprint density at radius 1 is 1.02 bits per heavy atom. The molecule has 3 atom stereocenters. The molecule has 2 heterocycles. The Bertz CT molecular complexity index is 1600. The first kappa shape index (κ1) is 31.3. The van der Waals surface area contributed by atoms with E-state index in [1.165, 1.54) is 21.3 Å². The van der Waals surface area contributed by atoms with E-state index in [4.69, 9.17) is 14.2 Å². The molecular formula is C32H37N3O8S. The number of rotatable bonds is 12. The van der Waals surface area contributed by atoms with E-state index >= 15 is 0 Å². The average Bonchev–Trinajstić information content (AvgIpc) is 3.63. The van der Waals surface area contributed by atoms with Gasteiger partial charge in [-0.15, -0.1) is 0 Å². The summed E-state index contributed by atoms with van der Waals surface area (Å²) in [4.78, 5) is 27.5. The minimum Gasteiger partial charge on any atom is -0.454 e. The molecule has 2 aliphatic heterocycles. The molecule has 2 amide bonds. The van der Waals surface area contributed by atoms with Crippen LogP contribution in [0, 0.1) is 12.8 Å². The van der Waals surface area contributed by atoms with Crippen molar-refractivity contribution < 1.29 is 37.3 Å². The number of aliphatic hydroxyl groups is 1. The Labute approximate surface area is 257 Å². The zero-order valence-electron chi connectivity index (χ0n) is 24.9. The SMILES string of the molecule is Cc1cccc(N2C[C@@H](C(=O)N[C@@H](Cc3ccccc3)[C@H](O)CN(CC(C)C)S(=O)(=O)c3ccc4c(c3)OCO4)OC2=O)c1. The van der Waals surface area contributed by atoms with Crippen LogP contribution in [0.15, 0.2) is 77.7 Å². The summed E-state index contributed by atoms with van der Waals surface area (Å²) in [5, 5.41) is 14.4. The number of carbonyl (C=O) groups is 2. The van der Waals surface area contributed by atoms with Gasteiger partial charge in [0.25, 0.3) is 5.91 Å². The van der Waals surface area contributed by atoms with Gasteiger partial charge in [-0.25, -0.2) is 13.2 Å². The van der Waals surface area contributed by atoms with Crippen LogP contribution in [0.4, 0.5) is 10.5 Å². The molecule has 0 spiro atoms. The molecule has 0 unspecified atom stereocenters. The average molecular weight is 624 g/mol. The second kappa shape index (κ2) is 13.2. The van der Waals surface area contributed by atoms with Crippen molar-refractivity contribution in [2.75, 3.05) is 31.3 Å². The topological polar surface area (TPSA) is 135 Å². The highest BCUT2D eigenvalue weighted by molar-refractivity contribution is 7.89. The fourth-order valence-corrected chi connectivity index (χ4v) is 6.87. The Kier molecular flexibility index (Phi) is 9.42. The number of cyclic esters (lactones) is 1. The lowest BCUT2D eigenvalue weighted by Gasteiger charge is -2.31. The monoisotopic (exact) mass is 623 g/mol. The third-order valence-electron chi connectivity index (χ3n) is 7.45. The van der Waals surface area contributed by atoms with E-state index < -0.39 is 40.3 Å². The van der Waals surface area contributed by atoms with Crippen molar-refractivity contribution in [3.8, 4) is 11.5 Å². The highest BCUT2D eigenvalue weighted by Gasteiger charge is 2.39. The van der Waals surface area contributed by atoms with Crippen LogP contribution in [-0.4, -0.2) is 74.5 Å². The van der Waals surface area contributed by atoms with Crippen LogP contribution in [-0.2, 0) is 26.0 Å². The summed E-state index contributed by atoms with van der Waals surface area (Å²) in [6, 6.07) is 20.1. The molecule has 3 aromatic rings. The van der Waals surface area contributed by atoms with Gasteiger partial charge < -0.3 is 24.6 Å². The van der Waals surface area contributed by atoms with E-state index in [0.717, 1.165) is 11.1 Å². The maximum atomic E-state index is 13.8. The number of carbonyl (C=O) groups excluding carboxylic acids is 2. The summed E-state index contributed by atoms with van der Waals surface area (Å²) < 4.78 is 45.0. The molecule has 3 aromatic carbocycles. The number of nitrogens with one attached hydrogen (secondary N) is 1. The smallest absolute Gasteiger partial charge is 0.415 e. The van der Waals surface area contributed by atoms with Gasteiger partial charge in [-0.3, -0.25) is 9.69 Å². The maximum Gasteiger partial charge on any atom is 0.415 e. The number of hydrogen-bond donors (Lipinski definition) is 2. The first-order valence-electron chi connectivity index (χ1n) is 14.5. The molecule has 234 valence electrons. The van der Waals surface area contributed by atoms with Crippen LogP contribution in [0.25, 0.3) is 0 Å². The summed E-state index contributed by atoms with van der Waals surface area (Å²) in [5.41, 5.74) is 2.40. The molecule has 2 N–H and O–H groups in total. The molecule has 44 heavy (non-hydrogen) atoms. The van der Waals surface area contributed by atoms with Crippen LogP contribution >= 0.6 is 0 Å². The van der Waals surface area contributed by atoms with Crippen LogP contribution in [0.2, 0.25) is 0 Å². The third-order valence-corrected chi connectivity index (χ3v) is 9.28. The van der Waals surface area contributed by atoms with E-state index in [1.807, 2.05) is 69.3 Å². The molecule has 0 radical (unpaired) electrons. The summed E-state index contributed by atoms with van der Waals surface area (Å²) in [5.74, 6) is 0.149. The molecule has 2 aliphatic rings. The molecule has 5 rings (SSSR count). The second-order valence-corrected chi connectivity index (χ2v) is 13.4. The lowest BCUT2D eigenvalue weighted by atomic mass is 10.0. The Balaban J connectivity index is 1.36. The Hall–Kier alpha value is -4.13. The van der Waals surface area contributed by atoms with Gasteiger partial charge in [-0.1, -0.05) is 56.3 Å². The van der Waals surface area contributed by atoms with Gasteiger partial charge >= 0.3 is 6.09 Å². The normalized spacial score (nSPS) is 17.5. The number of aliphatic hydroxyl groups excluding tert-OH is 1. The van der Waals surface area contributed by atoms with Crippen molar-refractivity contribution in [1.29, 1.82) is 0 Å². The van der Waals surface area contributed by atoms with Gasteiger partial charge in [0, 0.05) is 24.8 Å². The number of aryl methyl sites for hydroxylation is 1. The van der Waals surface area contributed by atoms with Gasteiger partial charge in [0.05, 0.1) is 23.6 Å². The van der Waals surface area contributed by atoms with Gasteiger partial charge in [-0.2, -0.15) is 4.31 Å². The minimum atomic E-state index is -4.06. The first-order valence-corrected chi connectivity index (χ1v) is 15.9. The van der Waals surface area contributed by atoms with Crippen molar-refractivity contribution >= 4 is 27.7 Å². The zero-order chi connectivity index (χ0) is 31.4. The van der Waals surface area contributed by atoms with E-state index in [9.17, 15) is 23.1 Å². The predicted molar refractivity (Wildman–Crippen MR) is 163 cm³/mol. The van der Waals surface area contributed by atoms with E-state index in [0.29, 0.717) is 17.2 Å². The van der Waals surface area contributed by atoms with Crippen LogP contribution in [0.1, 0.15) is 25.0 Å². The van der Waals surface area contributed by atoms with Crippen molar-refractivity contribution in [3.05, 3.63) is 83.9 Å². The van der Waals surface area contributed by atoms with Gasteiger partial charge in [0.2, 0.25) is 16.8 Å². The standard InChI is InChI=1S/C32H37N3O8S/c1-21(2)17-34(44(39,40)25-12-13-28-29(16-25)42-20-41-28)18-27(36)26(15-23-9-5-4-6-10-23)33-31(37)30-19-35(32(38)43-30)24-11-7-8-22(3)14-24/h4-14,16,21,26-27,30,36H,15,17-20H2,1-3H3,(H,33,37)/t26-,27+,30-/m0/s1. The fraction of sp³-hybridized carbons (Fsp3) is 0.375. The second-order valence-electron chi connectivity index (χ2n) is 11.4. The number of hydrogen-bond acceptors (Lipinski definition) is 8.